The molecule has 1 aliphatic rings. The molecule has 0 aromatic heterocycles. The van der Waals surface area contributed by atoms with Crippen molar-refractivity contribution in [3.63, 3.8) is 0 Å². The van der Waals surface area contributed by atoms with Crippen molar-refractivity contribution in [2.24, 2.45) is 0 Å². The zero-order valence-electron chi connectivity index (χ0n) is 19.6. The molecule has 0 atom stereocenters. The van der Waals surface area contributed by atoms with Gasteiger partial charge in [-0.3, -0.25) is 14.2 Å². The van der Waals surface area contributed by atoms with Crippen LogP contribution in [0, 0.1) is 0 Å². The lowest BCUT2D eigenvalue weighted by Gasteiger charge is -2.18. The Bertz CT molecular complexity index is 1540. The molecule has 8 nitrogen and oxygen atoms in total. The molecule has 196 valence electrons. The first-order valence-electron chi connectivity index (χ1n) is 11.1. The van der Waals surface area contributed by atoms with Gasteiger partial charge in [-0.25, -0.2) is 16.8 Å². The first-order valence-corrected chi connectivity index (χ1v) is 16.0. The predicted molar refractivity (Wildman–Crippen MR) is 148 cm³/mol. The number of hydrogen-bond donors (Lipinski definition) is 2. The highest BCUT2D eigenvalue weighted by atomic mass is 35.5. The number of nitrogens with zero attached hydrogens (tertiary/aromatic N) is 1. The Balaban J connectivity index is 1.54. The van der Waals surface area contributed by atoms with Crippen LogP contribution in [-0.4, -0.2) is 47.0 Å². The lowest BCUT2D eigenvalue weighted by Crippen LogP contribution is -2.28. The Morgan fingerprint density at radius 2 is 1.49 bits per heavy atom. The van der Waals surface area contributed by atoms with Crippen LogP contribution in [-0.2, 0) is 20.0 Å². The SMILES string of the molecule is CSc1ccc(S(=O)(=O)Nc2ccc(S(=O)(=O)Nc3cccc(Cl)c3Cl)cc2)cc1C(=O)N1CCCC1. The Labute approximate surface area is 230 Å². The smallest absolute Gasteiger partial charge is 0.261 e. The average Bonchev–Trinajstić information content (AvgIpc) is 3.41. The van der Waals surface area contributed by atoms with Crippen LogP contribution >= 0.6 is 35.0 Å². The van der Waals surface area contributed by atoms with Crippen LogP contribution in [0.3, 0.4) is 0 Å². The Morgan fingerprint density at radius 1 is 0.865 bits per heavy atom. The molecular formula is C24H23Cl2N3O5S3. The van der Waals surface area contributed by atoms with E-state index < -0.39 is 20.0 Å². The highest BCUT2D eigenvalue weighted by Gasteiger charge is 2.25. The number of sulfonamides is 2. The maximum atomic E-state index is 13.1. The van der Waals surface area contributed by atoms with Crippen LogP contribution in [0.15, 0.2) is 75.4 Å². The lowest BCUT2D eigenvalue weighted by atomic mass is 10.2. The minimum atomic E-state index is -4.05. The molecule has 0 saturated carbocycles. The first kappa shape index (κ1) is 27.6. The normalized spacial score (nSPS) is 14.0. The summed E-state index contributed by atoms with van der Waals surface area (Å²) in [6.07, 6.45) is 3.67. The number of amides is 1. The number of rotatable bonds is 8. The van der Waals surface area contributed by atoms with Gasteiger partial charge in [0.2, 0.25) is 0 Å². The zero-order valence-corrected chi connectivity index (χ0v) is 23.5. The van der Waals surface area contributed by atoms with E-state index in [0.717, 1.165) is 12.8 Å². The van der Waals surface area contributed by atoms with Crippen LogP contribution < -0.4 is 9.44 Å². The van der Waals surface area contributed by atoms with E-state index in [1.807, 2.05) is 6.26 Å². The summed E-state index contributed by atoms with van der Waals surface area (Å²) in [5, 5.41) is 0.259. The topological polar surface area (TPSA) is 113 Å². The number of likely N-dealkylation sites (tertiary alicyclic amines) is 1. The number of thioether (sulfide) groups is 1. The number of hydrogen-bond acceptors (Lipinski definition) is 6. The summed E-state index contributed by atoms with van der Waals surface area (Å²) in [5.41, 5.74) is 0.609. The van der Waals surface area contributed by atoms with Crippen molar-refractivity contribution in [2.45, 2.75) is 27.5 Å². The van der Waals surface area contributed by atoms with E-state index in [9.17, 15) is 21.6 Å². The Morgan fingerprint density at radius 3 is 2.14 bits per heavy atom. The average molecular weight is 601 g/mol. The number of benzene rings is 3. The quantitative estimate of drug-likeness (QED) is 0.328. The molecule has 13 heteroatoms. The molecule has 0 unspecified atom stereocenters. The minimum Gasteiger partial charge on any atom is -0.339 e. The molecule has 3 aromatic rings. The summed E-state index contributed by atoms with van der Waals surface area (Å²) in [4.78, 5) is 15.2. The number of halogens is 2. The Hall–Kier alpha value is -2.44. The van der Waals surface area contributed by atoms with Gasteiger partial charge >= 0.3 is 0 Å². The van der Waals surface area contributed by atoms with Gasteiger partial charge in [-0.15, -0.1) is 11.8 Å². The van der Waals surface area contributed by atoms with Crippen LogP contribution in [0.2, 0.25) is 10.0 Å². The fourth-order valence-electron chi connectivity index (χ4n) is 3.81. The second-order valence-electron chi connectivity index (χ2n) is 8.20. The van der Waals surface area contributed by atoms with Crippen LogP contribution in [0.25, 0.3) is 0 Å². The van der Waals surface area contributed by atoms with Crippen LogP contribution in [0.1, 0.15) is 23.2 Å². The lowest BCUT2D eigenvalue weighted by molar-refractivity contribution is 0.0789. The molecule has 3 aromatic carbocycles. The van der Waals surface area contributed by atoms with Gasteiger partial charge < -0.3 is 4.90 Å². The van der Waals surface area contributed by atoms with Gasteiger partial charge in [0.1, 0.15) is 0 Å². The van der Waals surface area contributed by atoms with Crippen molar-refractivity contribution in [1.29, 1.82) is 0 Å². The van der Waals surface area contributed by atoms with Gasteiger partial charge in [-0.05, 0) is 73.7 Å². The van der Waals surface area contributed by atoms with Gasteiger partial charge in [-0.1, -0.05) is 29.3 Å². The molecule has 1 saturated heterocycles. The van der Waals surface area contributed by atoms with E-state index in [2.05, 4.69) is 9.44 Å². The van der Waals surface area contributed by atoms with E-state index in [1.54, 1.807) is 17.0 Å². The molecular weight excluding hydrogens is 577 g/mol. The Kier molecular flexibility index (Phi) is 8.29. The molecule has 1 fully saturated rings. The van der Waals surface area contributed by atoms with Crippen LogP contribution in [0.4, 0.5) is 11.4 Å². The van der Waals surface area contributed by atoms with Crippen molar-refractivity contribution < 1.29 is 21.6 Å². The predicted octanol–water partition coefficient (Wildman–Crippen LogP) is 5.55. The molecule has 37 heavy (non-hydrogen) atoms. The number of carbonyl (C=O) groups excluding carboxylic acids is 1. The summed E-state index contributed by atoms with van der Waals surface area (Å²) in [5.74, 6) is -0.194. The number of anilines is 2. The standard InChI is InChI=1S/C24H23Cl2N3O5S3/c1-35-22-12-11-18(15-19(22)24(30)29-13-2-3-14-29)37(33,34)27-16-7-9-17(10-8-16)36(31,32)28-21-6-4-5-20(25)23(21)26/h4-12,15,27-28H,2-3,13-14H2,1H3. The molecule has 0 bridgehead atoms. The fourth-order valence-corrected chi connectivity index (χ4v) is 6.94. The largest absolute Gasteiger partial charge is 0.339 e. The van der Waals surface area contributed by atoms with Crippen molar-refractivity contribution in [2.75, 3.05) is 28.8 Å². The number of carbonyl (C=O) groups is 1. The molecule has 0 spiro atoms. The van der Waals surface area contributed by atoms with E-state index in [1.165, 1.54) is 60.3 Å². The minimum absolute atomic E-state index is 0.0622. The highest BCUT2D eigenvalue weighted by molar-refractivity contribution is 7.98. The summed E-state index contributed by atoms with van der Waals surface area (Å²) in [6.45, 7) is 1.30. The highest BCUT2D eigenvalue weighted by Crippen LogP contribution is 2.32. The monoisotopic (exact) mass is 599 g/mol. The second kappa shape index (κ2) is 11.1. The third kappa shape index (κ3) is 6.18. The van der Waals surface area contributed by atoms with E-state index in [-0.39, 0.29) is 37.1 Å². The van der Waals surface area contributed by atoms with Gasteiger partial charge in [0.05, 0.1) is 31.1 Å². The van der Waals surface area contributed by atoms with Crippen molar-refractivity contribution in [1.82, 2.24) is 4.90 Å². The van der Waals surface area contributed by atoms with Crippen molar-refractivity contribution in [3.8, 4) is 0 Å². The molecule has 0 radical (unpaired) electrons. The summed E-state index contributed by atoms with van der Waals surface area (Å²) in [6, 6.07) is 14.2. The summed E-state index contributed by atoms with van der Waals surface area (Å²) < 4.78 is 56.5. The number of nitrogens with one attached hydrogen (secondary N) is 2. The van der Waals surface area contributed by atoms with Gasteiger partial charge in [0.25, 0.3) is 26.0 Å². The van der Waals surface area contributed by atoms with E-state index >= 15 is 0 Å². The zero-order chi connectivity index (χ0) is 26.8. The third-order valence-corrected chi connectivity index (χ3v) is 10.1. The molecule has 2 N–H and O–H groups in total. The van der Waals surface area contributed by atoms with E-state index in [0.29, 0.717) is 23.5 Å². The maximum absolute atomic E-state index is 13.1. The van der Waals surface area contributed by atoms with Crippen molar-refractivity contribution in [3.05, 3.63) is 76.3 Å². The maximum Gasteiger partial charge on any atom is 0.261 e. The molecule has 1 heterocycles. The summed E-state index contributed by atoms with van der Waals surface area (Å²) in [7, 11) is -8.06. The molecule has 1 amide bonds. The first-order chi connectivity index (χ1) is 17.5. The van der Waals surface area contributed by atoms with Gasteiger partial charge in [0, 0.05) is 23.7 Å². The molecule has 1 aliphatic heterocycles. The van der Waals surface area contributed by atoms with E-state index in [4.69, 9.17) is 23.2 Å². The second-order valence-corrected chi connectivity index (χ2v) is 13.2. The van der Waals surface area contributed by atoms with Gasteiger partial charge in [-0.2, -0.15) is 0 Å². The molecule has 4 rings (SSSR count). The van der Waals surface area contributed by atoms with Crippen molar-refractivity contribution >= 4 is 72.3 Å². The van der Waals surface area contributed by atoms with Crippen LogP contribution in [0.5, 0.6) is 0 Å². The van der Waals surface area contributed by atoms with Gasteiger partial charge in [0.15, 0.2) is 0 Å². The fraction of sp³-hybridized carbons (Fsp3) is 0.208. The molecule has 0 aliphatic carbocycles. The summed E-state index contributed by atoms with van der Waals surface area (Å²) >= 11 is 13.4. The third-order valence-electron chi connectivity index (χ3n) is 5.72.